The maximum Gasteiger partial charge on any atom is 0.170 e. The molecule has 2 aromatic rings. The molecule has 0 aliphatic heterocycles. The van der Waals surface area contributed by atoms with Gasteiger partial charge in [0.1, 0.15) is 5.69 Å². The van der Waals surface area contributed by atoms with Gasteiger partial charge in [0.05, 0.1) is 0 Å². The fourth-order valence-electron chi connectivity index (χ4n) is 1.38. The van der Waals surface area contributed by atoms with E-state index in [0.29, 0.717) is 5.69 Å². The molecular weight excluding hydrogens is 176 g/mol. The molecule has 1 aromatic heterocycles. The van der Waals surface area contributed by atoms with Gasteiger partial charge in [-0.05, 0) is 5.56 Å². The van der Waals surface area contributed by atoms with Crippen LogP contribution in [0.3, 0.4) is 0 Å². The second-order valence-corrected chi connectivity index (χ2v) is 3.08. The van der Waals surface area contributed by atoms with E-state index >= 15 is 0 Å². The molecule has 0 saturated carbocycles. The molecule has 0 aliphatic rings. The molecule has 0 bridgehead atoms. The number of aromatic amines is 1. The van der Waals surface area contributed by atoms with E-state index in [1.165, 1.54) is 5.56 Å². The lowest BCUT2D eigenvalue weighted by atomic mass is 10.1. The van der Waals surface area contributed by atoms with Crippen molar-refractivity contribution >= 4 is 6.29 Å². The van der Waals surface area contributed by atoms with Gasteiger partial charge in [0.15, 0.2) is 6.29 Å². The molecule has 1 heterocycles. The van der Waals surface area contributed by atoms with Gasteiger partial charge >= 0.3 is 0 Å². The molecule has 0 radical (unpaired) electrons. The summed E-state index contributed by atoms with van der Waals surface area (Å²) < 4.78 is 0. The van der Waals surface area contributed by atoms with Gasteiger partial charge in [0, 0.05) is 18.2 Å². The van der Waals surface area contributed by atoms with E-state index in [9.17, 15) is 4.79 Å². The third-order valence-corrected chi connectivity index (χ3v) is 2.10. The third-order valence-electron chi connectivity index (χ3n) is 2.10. The van der Waals surface area contributed by atoms with Crippen LogP contribution >= 0.6 is 0 Å². The van der Waals surface area contributed by atoms with Crippen molar-refractivity contribution in [3.8, 4) is 0 Å². The average Bonchev–Trinajstić information content (AvgIpc) is 2.67. The van der Waals surface area contributed by atoms with Crippen LogP contribution in [0.15, 0.2) is 36.5 Å². The largest absolute Gasteiger partial charge is 0.296 e. The van der Waals surface area contributed by atoms with E-state index in [2.05, 4.69) is 10.2 Å². The maximum atomic E-state index is 10.6. The summed E-state index contributed by atoms with van der Waals surface area (Å²) in [6.07, 6.45) is 3.27. The van der Waals surface area contributed by atoms with Crippen LogP contribution in [-0.2, 0) is 6.42 Å². The Bertz CT molecular complexity index is 420. The molecule has 1 N–H and O–H groups in total. The van der Waals surface area contributed by atoms with Crippen LogP contribution in [0.25, 0.3) is 0 Å². The Balaban J connectivity index is 2.23. The van der Waals surface area contributed by atoms with Crippen molar-refractivity contribution in [2.24, 2.45) is 0 Å². The van der Waals surface area contributed by atoms with Crippen molar-refractivity contribution in [3.63, 3.8) is 0 Å². The van der Waals surface area contributed by atoms with Gasteiger partial charge < -0.3 is 0 Å². The first-order chi connectivity index (χ1) is 6.90. The first kappa shape index (κ1) is 8.69. The first-order valence-corrected chi connectivity index (χ1v) is 4.42. The number of benzene rings is 1. The Morgan fingerprint density at radius 1 is 1.29 bits per heavy atom. The lowest BCUT2D eigenvalue weighted by Crippen LogP contribution is -1.91. The zero-order valence-corrected chi connectivity index (χ0v) is 7.60. The van der Waals surface area contributed by atoms with E-state index in [-0.39, 0.29) is 0 Å². The molecule has 0 atom stereocenters. The number of carbonyl (C=O) groups is 1. The van der Waals surface area contributed by atoms with Crippen molar-refractivity contribution in [1.82, 2.24) is 10.2 Å². The van der Waals surface area contributed by atoms with Crippen LogP contribution < -0.4 is 0 Å². The van der Waals surface area contributed by atoms with Crippen LogP contribution in [-0.4, -0.2) is 16.5 Å². The van der Waals surface area contributed by atoms with Crippen LogP contribution in [0.5, 0.6) is 0 Å². The molecule has 14 heavy (non-hydrogen) atoms. The highest BCUT2D eigenvalue weighted by molar-refractivity contribution is 5.74. The fraction of sp³-hybridized carbons (Fsp3) is 0.0909. The minimum atomic E-state index is 0.494. The number of hydrogen-bond acceptors (Lipinski definition) is 2. The number of nitrogens with one attached hydrogen (secondary N) is 1. The van der Waals surface area contributed by atoms with Gasteiger partial charge in [-0.1, -0.05) is 30.3 Å². The number of hydrogen-bond donors (Lipinski definition) is 1. The molecule has 0 spiro atoms. The fourth-order valence-corrected chi connectivity index (χ4v) is 1.38. The van der Waals surface area contributed by atoms with Crippen LogP contribution in [0, 0.1) is 0 Å². The minimum Gasteiger partial charge on any atom is -0.296 e. The summed E-state index contributed by atoms with van der Waals surface area (Å²) in [6.45, 7) is 0. The Hall–Kier alpha value is -1.90. The Morgan fingerprint density at radius 3 is 2.79 bits per heavy atom. The van der Waals surface area contributed by atoms with Crippen molar-refractivity contribution < 1.29 is 4.79 Å². The van der Waals surface area contributed by atoms with Crippen molar-refractivity contribution in [2.45, 2.75) is 6.42 Å². The highest BCUT2D eigenvalue weighted by Crippen LogP contribution is 2.09. The maximum absolute atomic E-state index is 10.6. The lowest BCUT2D eigenvalue weighted by Gasteiger charge is -1.97. The third kappa shape index (κ3) is 1.71. The van der Waals surface area contributed by atoms with E-state index in [0.717, 1.165) is 18.3 Å². The SMILES string of the molecule is O=Cc1n[nH]cc1Cc1ccccc1. The van der Waals surface area contributed by atoms with Crippen molar-refractivity contribution in [2.75, 3.05) is 0 Å². The molecule has 0 aliphatic carbocycles. The normalized spacial score (nSPS) is 10.0. The summed E-state index contributed by atoms with van der Waals surface area (Å²) in [5, 5.41) is 6.53. The highest BCUT2D eigenvalue weighted by atomic mass is 16.1. The number of nitrogens with zero attached hydrogens (tertiary/aromatic N) is 1. The number of carbonyl (C=O) groups excluding carboxylic acids is 1. The van der Waals surface area contributed by atoms with Gasteiger partial charge in [0.25, 0.3) is 0 Å². The quantitative estimate of drug-likeness (QED) is 0.743. The lowest BCUT2D eigenvalue weighted by molar-refractivity contribution is 0.111. The molecule has 0 saturated heterocycles. The summed E-state index contributed by atoms with van der Waals surface area (Å²) in [5.41, 5.74) is 2.61. The van der Waals surface area contributed by atoms with E-state index in [4.69, 9.17) is 0 Å². The summed E-state index contributed by atoms with van der Waals surface area (Å²) >= 11 is 0. The van der Waals surface area contributed by atoms with E-state index in [1.54, 1.807) is 6.20 Å². The van der Waals surface area contributed by atoms with Gasteiger partial charge in [-0.15, -0.1) is 0 Å². The molecule has 3 heteroatoms. The topological polar surface area (TPSA) is 45.8 Å². The van der Waals surface area contributed by atoms with Crippen molar-refractivity contribution in [1.29, 1.82) is 0 Å². The molecule has 1 aromatic carbocycles. The zero-order chi connectivity index (χ0) is 9.80. The Morgan fingerprint density at radius 2 is 2.07 bits per heavy atom. The Kier molecular flexibility index (Phi) is 2.40. The summed E-state index contributed by atoms with van der Waals surface area (Å²) in [6, 6.07) is 9.99. The molecule has 2 rings (SSSR count). The zero-order valence-electron chi connectivity index (χ0n) is 7.60. The van der Waals surface area contributed by atoms with Crippen LogP contribution in [0.1, 0.15) is 21.6 Å². The number of rotatable bonds is 3. The van der Waals surface area contributed by atoms with Crippen molar-refractivity contribution in [3.05, 3.63) is 53.3 Å². The predicted octanol–water partition coefficient (Wildman–Crippen LogP) is 1.81. The predicted molar refractivity (Wildman–Crippen MR) is 53.2 cm³/mol. The molecular formula is C11H10N2O. The van der Waals surface area contributed by atoms with Crippen LogP contribution in [0.2, 0.25) is 0 Å². The second-order valence-electron chi connectivity index (χ2n) is 3.08. The molecule has 0 amide bonds. The van der Waals surface area contributed by atoms with E-state index < -0.39 is 0 Å². The molecule has 0 unspecified atom stereocenters. The summed E-state index contributed by atoms with van der Waals surface area (Å²) in [5.74, 6) is 0. The molecule has 0 fully saturated rings. The number of aromatic nitrogens is 2. The molecule has 3 nitrogen and oxygen atoms in total. The van der Waals surface area contributed by atoms with Gasteiger partial charge in [0.2, 0.25) is 0 Å². The number of aldehydes is 1. The highest BCUT2D eigenvalue weighted by Gasteiger charge is 2.04. The Labute approximate surface area is 81.8 Å². The van der Waals surface area contributed by atoms with Gasteiger partial charge in [-0.25, -0.2) is 0 Å². The van der Waals surface area contributed by atoms with E-state index in [1.807, 2.05) is 30.3 Å². The summed E-state index contributed by atoms with van der Waals surface area (Å²) in [7, 11) is 0. The molecule has 70 valence electrons. The minimum absolute atomic E-state index is 0.494. The first-order valence-electron chi connectivity index (χ1n) is 4.42. The smallest absolute Gasteiger partial charge is 0.170 e. The number of H-pyrrole nitrogens is 1. The monoisotopic (exact) mass is 186 g/mol. The second kappa shape index (κ2) is 3.87. The van der Waals surface area contributed by atoms with Gasteiger partial charge in [-0.3, -0.25) is 9.89 Å². The van der Waals surface area contributed by atoms with Crippen LogP contribution in [0.4, 0.5) is 0 Å². The summed E-state index contributed by atoms with van der Waals surface area (Å²) in [4.78, 5) is 10.6. The van der Waals surface area contributed by atoms with Gasteiger partial charge in [-0.2, -0.15) is 5.10 Å². The standard InChI is InChI=1S/C11H10N2O/c14-8-11-10(7-12-13-11)6-9-4-2-1-3-5-9/h1-5,7-8H,6H2,(H,12,13). The average molecular weight is 186 g/mol.